The maximum Gasteiger partial charge on any atom is 0.0667 e. The first kappa shape index (κ1) is 13.8. The van der Waals surface area contributed by atoms with Crippen LogP contribution in [0.15, 0.2) is 18.2 Å². The maximum atomic E-state index is 11.3. The van der Waals surface area contributed by atoms with Crippen LogP contribution in [-0.2, 0) is 21.3 Å². The molecular weight excluding hydrogens is 270 g/mol. The van der Waals surface area contributed by atoms with Gasteiger partial charge in [0, 0.05) is 46.2 Å². The Hall–Kier alpha value is -0.580. The van der Waals surface area contributed by atoms with E-state index in [0.29, 0.717) is 16.8 Å². The van der Waals surface area contributed by atoms with E-state index in [1.165, 1.54) is 0 Å². The van der Waals surface area contributed by atoms with E-state index in [-0.39, 0.29) is 0 Å². The minimum atomic E-state index is -0.879. The van der Waals surface area contributed by atoms with Crippen LogP contribution in [0.1, 0.15) is 18.4 Å². The Kier molecular flexibility index (Phi) is 5.03. The van der Waals surface area contributed by atoms with Gasteiger partial charge in [0.25, 0.3) is 0 Å². The van der Waals surface area contributed by atoms with Gasteiger partial charge in [-0.25, -0.2) is 0 Å². The predicted octanol–water partition coefficient (Wildman–Crippen LogP) is 2.81. The van der Waals surface area contributed by atoms with Gasteiger partial charge in [-0.15, -0.1) is 0 Å². The molecule has 1 aromatic rings. The molecule has 2 unspecified atom stereocenters. The zero-order valence-corrected chi connectivity index (χ0v) is 12.0. The van der Waals surface area contributed by atoms with Crippen LogP contribution in [0, 0.1) is 0 Å². The summed E-state index contributed by atoms with van der Waals surface area (Å²) in [4.78, 5) is 0. The summed E-state index contributed by atoms with van der Waals surface area (Å²) in [5.41, 5.74) is 1.95. The molecule has 1 aliphatic rings. The van der Waals surface area contributed by atoms with Gasteiger partial charge in [0.2, 0.25) is 0 Å². The van der Waals surface area contributed by atoms with Crippen LogP contribution in [0.4, 0.5) is 5.69 Å². The lowest BCUT2D eigenvalue weighted by Crippen LogP contribution is -2.29. The largest absolute Gasteiger partial charge is 0.380 e. The third-order valence-corrected chi connectivity index (χ3v) is 4.02. The van der Waals surface area contributed by atoms with Crippen LogP contribution in [0.5, 0.6) is 0 Å². The molecule has 1 saturated heterocycles. The number of anilines is 1. The lowest BCUT2D eigenvalue weighted by Gasteiger charge is -2.24. The molecule has 1 aliphatic heterocycles. The summed E-state index contributed by atoms with van der Waals surface area (Å²) in [7, 11) is -0.879. The summed E-state index contributed by atoms with van der Waals surface area (Å²) >= 11 is 6.10. The maximum absolute atomic E-state index is 11.3. The highest BCUT2D eigenvalue weighted by atomic mass is 35.5. The van der Waals surface area contributed by atoms with Gasteiger partial charge in [0.15, 0.2) is 0 Å². The summed E-state index contributed by atoms with van der Waals surface area (Å²) in [5.74, 6) is 0.496. The first-order valence-corrected chi connectivity index (χ1v) is 8.18. The van der Waals surface area contributed by atoms with Crippen molar-refractivity contribution >= 4 is 28.1 Å². The summed E-state index contributed by atoms with van der Waals surface area (Å²) in [6.07, 6.45) is 3.90. The molecule has 2 rings (SSSR count). The van der Waals surface area contributed by atoms with Crippen molar-refractivity contribution in [3.8, 4) is 0 Å². The van der Waals surface area contributed by atoms with Crippen molar-refractivity contribution in [2.24, 2.45) is 0 Å². The van der Waals surface area contributed by atoms with E-state index >= 15 is 0 Å². The molecule has 0 spiro atoms. The second-order valence-corrected chi connectivity index (χ2v) is 6.42. The quantitative estimate of drug-likeness (QED) is 0.925. The number of ether oxygens (including phenoxy) is 1. The molecule has 1 N–H and O–H groups in total. The Balaban J connectivity index is 2.05. The molecule has 5 heteroatoms. The molecule has 0 saturated carbocycles. The van der Waals surface area contributed by atoms with Gasteiger partial charge >= 0.3 is 0 Å². The second-order valence-electron chi connectivity index (χ2n) is 4.58. The van der Waals surface area contributed by atoms with Crippen LogP contribution < -0.4 is 5.32 Å². The fraction of sp³-hybridized carbons (Fsp3) is 0.538. The summed E-state index contributed by atoms with van der Waals surface area (Å²) < 4.78 is 16.7. The average molecular weight is 288 g/mol. The zero-order chi connectivity index (χ0) is 13.0. The van der Waals surface area contributed by atoms with E-state index in [0.717, 1.165) is 37.3 Å². The van der Waals surface area contributed by atoms with Gasteiger partial charge in [0.1, 0.15) is 0 Å². The lowest BCUT2D eigenvalue weighted by molar-refractivity contribution is 0.0876. The highest BCUT2D eigenvalue weighted by Gasteiger charge is 2.14. The van der Waals surface area contributed by atoms with Gasteiger partial charge in [0.05, 0.1) is 6.61 Å². The number of nitrogens with one attached hydrogen (secondary N) is 1. The van der Waals surface area contributed by atoms with Crippen molar-refractivity contribution < 1.29 is 8.95 Å². The first-order valence-electron chi connectivity index (χ1n) is 6.08. The Bertz CT molecular complexity index is 433. The summed E-state index contributed by atoms with van der Waals surface area (Å²) in [6, 6.07) is 6.16. The van der Waals surface area contributed by atoms with Crippen molar-refractivity contribution in [1.82, 2.24) is 0 Å². The van der Waals surface area contributed by atoms with Gasteiger partial charge in [-0.1, -0.05) is 11.6 Å². The standard InChI is InChI=1S/C13H18ClNO2S/c1-18(16)9-10-7-11(4-5-13(10)14)15-12-3-2-6-17-8-12/h4-5,7,12,15H,2-3,6,8-9H2,1H3. The monoisotopic (exact) mass is 287 g/mol. The van der Waals surface area contributed by atoms with Crippen molar-refractivity contribution in [3.63, 3.8) is 0 Å². The predicted molar refractivity (Wildman–Crippen MR) is 76.7 cm³/mol. The highest BCUT2D eigenvalue weighted by molar-refractivity contribution is 7.83. The Labute approximate surface area is 115 Å². The van der Waals surface area contributed by atoms with Crippen LogP contribution >= 0.6 is 11.6 Å². The molecule has 100 valence electrons. The summed E-state index contributed by atoms with van der Waals surface area (Å²) in [6.45, 7) is 1.61. The van der Waals surface area contributed by atoms with Crippen LogP contribution in [0.25, 0.3) is 0 Å². The SMILES string of the molecule is CS(=O)Cc1cc(NC2CCCOC2)ccc1Cl. The van der Waals surface area contributed by atoms with Crippen LogP contribution in [-0.4, -0.2) is 29.7 Å². The third-order valence-electron chi connectivity index (χ3n) is 2.94. The molecule has 0 amide bonds. The minimum absolute atomic E-state index is 0.361. The zero-order valence-electron chi connectivity index (χ0n) is 10.4. The molecule has 0 aliphatic carbocycles. The summed E-state index contributed by atoms with van der Waals surface area (Å²) in [5, 5.41) is 4.12. The molecule has 1 fully saturated rings. The van der Waals surface area contributed by atoms with Gasteiger partial charge in [-0.05, 0) is 36.6 Å². The minimum Gasteiger partial charge on any atom is -0.380 e. The van der Waals surface area contributed by atoms with Gasteiger partial charge in [-0.2, -0.15) is 0 Å². The van der Waals surface area contributed by atoms with Crippen molar-refractivity contribution in [2.75, 3.05) is 24.8 Å². The lowest BCUT2D eigenvalue weighted by atomic mass is 10.1. The second kappa shape index (κ2) is 6.55. The molecule has 2 atom stereocenters. The number of rotatable bonds is 4. The number of hydrogen-bond donors (Lipinski definition) is 1. The topological polar surface area (TPSA) is 38.3 Å². The van der Waals surface area contributed by atoms with Crippen molar-refractivity contribution in [3.05, 3.63) is 28.8 Å². The number of benzene rings is 1. The number of hydrogen-bond acceptors (Lipinski definition) is 3. The van der Waals surface area contributed by atoms with Gasteiger partial charge in [-0.3, -0.25) is 4.21 Å². The Morgan fingerprint density at radius 3 is 3.06 bits per heavy atom. The fourth-order valence-electron chi connectivity index (χ4n) is 2.08. The molecular formula is C13H18ClNO2S. The van der Waals surface area contributed by atoms with E-state index in [9.17, 15) is 4.21 Å². The fourth-order valence-corrected chi connectivity index (χ4v) is 3.02. The molecule has 0 radical (unpaired) electrons. The highest BCUT2D eigenvalue weighted by Crippen LogP contribution is 2.23. The molecule has 1 heterocycles. The number of halogens is 1. The van der Waals surface area contributed by atoms with Crippen LogP contribution in [0.2, 0.25) is 5.02 Å². The van der Waals surface area contributed by atoms with E-state index in [2.05, 4.69) is 5.32 Å². The first-order chi connectivity index (χ1) is 8.65. The average Bonchev–Trinajstić information content (AvgIpc) is 2.34. The molecule has 18 heavy (non-hydrogen) atoms. The van der Waals surface area contributed by atoms with E-state index in [4.69, 9.17) is 16.3 Å². The third kappa shape index (κ3) is 3.97. The molecule has 0 bridgehead atoms. The van der Waals surface area contributed by atoms with Crippen molar-refractivity contribution in [2.45, 2.75) is 24.6 Å². The Morgan fingerprint density at radius 1 is 1.56 bits per heavy atom. The normalized spacial score (nSPS) is 21.6. The molecule has 1 aromatic carbocycles. The molecule has 0 aromatic heterocycles. The van der Waals surface area contributed by atoms with Gasteiger partial charge < -0.3 is 10.1 Å². The van der Waals surface area contributed by atoms with E-state index in [1.807, 2.05) is 18.2 Å². The van der Waals surface area contributed by atoms with E-state index < -0.39 is 10.8 Å². The van der Waals surface area contributed by atoms with Crippen LogP contribution in [0.3, 0.4) is 0 Å². The van der Waals surface area contributed by atoms with Crippen molar-refractivity contribution in [1.29, 1.82) is 0 Å². The Morgan fingerprint density at radius 2 is 2.39 bits per heavy atom. The smallest absolute Gasteiger partial charge is 0.0667 e. The molecule has 3 nitrogen and oxygen atoms in total. The van der Waals surface area contributed by atoms with E-state index in [1.54, 1.807) is 6.26 Å².